The van der Waals surface area contributed by atoms with Crippen molar-refractivity contribution in [2.24, 2.45) is 0 Å². The normalized spacial score (nSPS) is 10.8. The summed E-state index contributed by atoms with van der Waals surface area (Å²) in [6.45, 7) is -1.76. The highest BCUT2D eigenvalue weighted by Gasteiger charge is 2.04. The number of anilines is 1. The monoisotopic (exact) mass is 283 g/mol. The number of halogens is 2. The van der Waals surface area contributed by atoms with Crippen molar-refractivity contribution in [1.82, 2.24) is 9.78 Å². The van der Waals surface area contributed by atoms with Crippen molar-refractivity contribution in [3.8, 4) is 5.75 Å². The standard InChI is InChI=1S/C13H15F2N3O2/c14-13(15)20-12-3-1-11(2-4-12)16-7-10-8-17-18(9-10)5-6-19/h1-4,8-9,13,16,19H,5-7H2. The average Bonchev–Trinajstić information content (AvgIpc) is 2.86. The van der Waals surface area contributed by atoms with Crippen molar-refractivity contribution >= 4 is 5.69 Å². The van der Waals surface area contributed by atoms with E-state index in [0.717, 1.165) is 11.3 Å². The predicted molar refractivity (Wildman–Crippen MR) is 69.7 cm³/mol. The molecule has 0 spiro atoms. The van der Waals surface area contributed by atoms with Gasteiger partial charge >= 0.3 is 6.61 Å². The molecule has 1 aromatic carbocycles. The number of alkyl halides is 2. The number of aromatic nitrogens is 2. The molecule has 0 radical (unpaired) electrons. The minimum absolute atomic E-state index is 0.0418. The van der Waals surface area contributed by atoms with E-state index < -0.39 is 6.61 Å². The zero-order valence-corrected chi connectivity index (χ0v) is 10.7. The smallest absolute Gasteiger partial charge is 0.387 e. The molecule has 0 atom stereocenters. The highest BCUT2D eigenvalue weighted by atomic mass is 19.3. The van der Waals surface area contributed by atoms with E-state index in [2.05, 4.69) is 15.2 Å². The van der Waals surface area contributed by atoms with Gasteiger partial charge in [0.2, 0.25) is 0 Å². The van der Waals surface area contributed by atoms with Gasteiger partial charge in [-0.2, -0.15) is 13.9 Å². The van der Waals surface area contributed by atoms with Crippen molar-refractivity contribution in [3.05, 3.63) is 42.2 Å². The van der Waals surface area contributed by atoms with E-state index in [1.54, 1.807) is 23.0 Å². The van der Waals surface area contributed by atoms with Gasteiger partial charge < -0.3 is 15.2 Å². The van der Waals surface area contributed by atoms with Crippen LogP contribution < -0.4 is 10.1 Å². The first kappa shape index (κ1) is 14.3. The van der Waals surface area contributed by atoms with Gasteiger partial charge in [-0.1, -0.05) is 0 Å². The van der Waals surface area contributed by atoms with Crippen molar-refractivity contribution in [2.45, 2.75) is 19.7 Å². The van der Waals surface area contributed by atoms with Crippen LogP contribution in [0.15, 0.2) is 36.7 Å². The third-order valence-electron chi connectivity index (χ3n) is 2.59. The summed E-state index contributed by atoms with van der Waals surface area (Å²) in [5, 5.41) is 16.0. The van der Waals surface area contributed by atoms with Crippen molar-refractivity contribution in [2.75, 3.05) is 11.9 Å². The first-order valence-corrected chi connectivity index (χ1v) is 6.08. The van der Waals surface area contributed by atoms with Crippen LogP contribution in [0.1, 0.15) is 5.56 Å². The van der Waals surface area contributed by atoms with Gasteiger partial charge in [-0.15, -0.1) is 0 Å². The van der Waals surface area contributed by atoms with E-state index in [9.17, 15) is 8.78 Å². The molecule has 1 heterocycles. The number of aliphatic hydroxyl groups is 1. The van der Waals surface area contributed by atoms with Gasteiger partial charge in [0.15, 0.2) is 0 Å². The molecule has 108 valence electrons. The van der Waals surface area contributed by atoms with E-state index in [0.29, 0.717) is 13.1 Å². The number of aliphatic hydroxyl groups excluding tert-OH is 1. The van der Waals surface area contributed by atoms with E-state index >= 15 is 0 Å². The summed E-state index contributed by atoms with van der Waals surface area (Å²) in [5.41, 5.74) is 1.76. The number of hydrogen-bond donors (Lipinski definition) is 2. The Morgan fingerprint density at radius 2 is 2.05 bits per heavy atom. The second kappa shape index (κ2) is 6.85. The molecule has 0 aliphatic heterocycles. The van der Waals surface area contributed by atoms with Gasteiger partial charge in [0.05, 0.1) is 19.3 Å². The zero-order valence-electron chi connectivity index (χ0n) is 10.7. The Bertz CT molecular complexity index is 529. The lowest BCUT2D eigenvalue weighted by molar-refractivity contribution is -0.0498. The van der Waals surface area contributed by atoms with Crippen LogP contribution in [0, 0.1) is 0 Å². The maximum absolute atomic E-state index is 12.0. The highest BCUT2D eigenvalue weighted by molar-refractivity contribution is 5.46. The fraction of sp³-hybridized carbons (Fsp3) is 0.308. The van der Waals surface area contributed by atoms with Crippen LogP contribution in [0.2, 0.25) is 0 Å². The molecular weight excluding hydrogens is 268 g/mol. The van der Waals surface area contributed by atoms with E-state index in [4.69, 9.17) is 5.11 Å². The average molecular weight is 283 g/mol. The van der Waals surface area contributed by atoms with E-state index in [-0.39, 0.29) is 12.4 Å². The summed E-state index contributed by atoms with van der Waals surface area (Å²) in [7, 11) is 0. The summed E-state index contributed by atoms with van der Waals surface area (Å²) in [6, 6.07) is 6.28. The molecule has 0 saturated carbocycles. The van der Waals surface area contributed by atoms with Crippen LogP contribution in [0.3, 0.4) is 0 Å². The van der Waals surface area contributed by atoms with Gasteiger partial charge in [-0.25, -0.2) is 0 Å². The van der Waals surface area contributed by atoms with E-state index in [1.165, 1.54) is 12.1 Å². The Labute approximate surface area is 114 Å². The molecule has 0 unspecified atom stereocenters. The van der Waals surface area contributed by atoms with Crippen LogP contribution in [0.5, 0.6) is 5.75 Å². The molecule has 0 amide bonds. The van der Waals surface area contributed by atoms with Gasteiger partial charge in [0.25, 0.3) is 0 Å². The largest absolute Gasteiger partial charge is 0.435 e. The number of hydrogen-bond acceptors (Lipinski definition) is 4. The van der Waals surface area contributed by atoms with Crippen LogP contribution in [-0.2, 0) is 13.1 Å². The fourth-order valence-corrected chi connectivity index (χ4v) is 1.68. The van der Waals surface area contributed by atoms with Gasteiger partial charge in [-0.05, 0) is 24.3 Å². The minimum atomic E-state index is -2.81. The molecule has 0 aliphatic carbocycles. The van der Waals surface area contributed by atoms with Crippen LogP contribution in [0.4, 0.5) is 14.5 Å². The van der Waals surface area contributed by atoms with Crippen molar-refractivity contribution < 1.29 is 18.6 Å². The first-order valence-electron chi connectivity index (χ1n) is 6.08. The summed E-state index contributed by atoms with van der Waals surface area (Å²) in [4.78, 5) is 0. The molecule has 5 nitrogen and oxygen atoms in total. The van der Waals surface area contributed by atoms with Crippen LogP contribution >= 0.6 is 0 Å². The topological polar surface area (TPSA) is 59.3 Å². The first-order chi connectivity index (χ1) is 9.67. The molecule has 1 aromatic heterocycles. The SMILES string of the molecule is OCCn1cc(CNc2ccc(OC(F)F)cc2)cn1. The maximum atomic E-state index is 12.0. The highest BCUT2D eigenvalue weighted by Crippen LogP contribution is 2.18. The Kier molecular flexibility index (Phi) is 4.89. The molecule has 0 fully saturated rings. The number of ether oxygens (including phenoxy) is 1. The lowest BCUT2D eigenvalue weighted by Gasteiger charge is -2.07. The van der Waals surface area contributed by atoms with Crippen molar-refractivity contribution in [3.63, 3.8) is 0 Å². The zero-order chi connectivity index (χ0) is 14.4. The molecule has 7 heteroatoms. The third-order valence-corrected chi connectivity index (χ3v) is 2.59. The number of nitrogens with one attached hydrogen (secondary N) is 1. The van der Waals surface area contributed by atoms with Crippen LogP contribution in [0.25, 0.3) is 0 Å². The predicted octanol–water partition coefficient (Wildman–Crippen LogP) is 2.09. The minimum Gasteiger partial charge on any atom is -0.435 e. The summed E-state index contributed by atoms with van der Waals surface area (Å²) in [6.07, 6.45) is 3.54. The van der Waals surface area contributed by atoms with Gasteiger partial charge in [-0.3, -0.25) is 4.68 Å². The molecule has 0 bridgehead atoms. The fourth-order valence-electron chi connectivity index (χ4n) is 1.68. The summed E-state index contributed by atoms with van der Waals surface area (Å²) < 4.78 is 29.9. The quantitative estimate of drug-likeness (QED) is 0.817. The van der Waals surface area contributed by atoms with Crippen LogP contribution in [-0.4, -0.2) is 28.1 Å². The molecule has 2 N–H and O–H groups in total. The third kappa shape index (κ3) is 4.20. The molecule has 2 aromatic rings. The number of nitrogens with zero attached hydrogens (tertiary/aromatic N) is 2. The molecule has 0 aliphatic rings. The molecular formula is C13H15F2N3O2. The molecule has 0 saturated heterocycles. The molecule has 20 heavy (non-hydrogen) atoms. The lowest BCUT2D eigenvalue weighted by atomic mass is 10.3. The van der Waals surface area contributed by atoms with Gasteiger partial charge in [0, 0.05) is 24.0 Å². The Morgan fingerprint density at radius 1 is 1.30 bits per heavy atom. The van der Waals surface area contributed by atoms with E-state index in [1.807, 2.05) is 6.20 Å². The second-order valence-electron chi connectivity index (χ2n) is 4.09. The Hall–Kier alpha value is -2.15. The van der Waals surface area contributed by atoms with Crippen molar-refractivity contribution in [1.29, 1.82) is 0 Å². The summed E-state index contributed by atoms with van der Waals surface area (Å²) in [5.74, 6) is 0.126. The molecule has 2 rings (SSSR count). The Balaban J connectivity index is 1.86. The summed E-state index contributed by atoms with van der Waals surface area (Å²) >= 11 is 0. The van der Waals surface area contributed by atoms with Gasteiger partial charge in [0.1, 0.15) is 5.75 Å². The number of rotatable bonds is 7. The number of benzene rings is 1. The lowest BCUT2D eigenvalue weighted by Crippen LogP contribution is -2.03. The second-order valence-corrected chi connectivity index (χ2v) is 4.09. The Morgan fingerprint density at radius 3 is 2.70 bits per heavy atom. The maximum Gasteiger partial charge on any atom is 0.387 e.